The molecule has 1 aromatic heterocycles. The molecule has 2 aromatic carbocycles. The molecule has 6 heteroatoms. The van der Waals surface area contributed by atoms with Crippen LogP contribution in [0.5, 0.6) is 0 Å². The standard InChI is InChI=1S/C18H18ClN3OS/c1-12(13-7-3-4-8-14(13)19)20-11-17(23)22(2)18-21-15-9-5-6-10-16(15)24-18/h3-10,12,20H,11H2,1-2H3. The van der Waals surface area contributed by atoms with Gasteiger partial charge in [0, 0.05) is 18.1 Å². The van der Waals surface area contributed by atoms with Crippen molar-refractivity contribution in [3.8, 4) is 0 Å². The van der Waals surface area contributed by atoms with E-state index < -0.39 is 0 Å². The lowest BCUT2D eigenvalue weighted by molar-refractivity contribution is -0.117. The first-order valence-electron chi connectivity index (χ1n) is 7.66. The number of hydrogen-bond acceptors (Lipinski definition) is 4. The molecule has 1 N–H and O–H groups in total. The van der Waals surface area contributed by atoms with Crippen molar-refractivity contribution in [1.82, 2.24) is 10.3 Å². The van der Waals surface area contributed by atoms with Crippen molar-refractivity contribution in [3.05, 3.63) is 59.1 Å². The fraction of sp³-hybridized carbons (Fsp3) is 0.222. The number of rotatable bonds is 5. The van der Waals surface area contributed by atoms with Gasteiger partial charge in [-0.05, 0) is 30.7 Å². The number of carbonyl (C=O) groups is 1. The minimum atomic E-state index is -0.0343. The molecule has 24 heavy (non-hydrogen) atoms. The number of amides is 1. The van der Waals surface area contributed by atoms with Crippen LogP contribution in [0, 0.1) is 0 Å². The van der Waals surface area contributed by atoms with Crippen LogP contribution in [0.3, 0.4) is 0 Å². The zero-order valence-corrected chi connectivity index (χ0v) is 15.1. The fourth-order valence-corrected chi connectivity index (χ4v) is 3.65. The molecule has 0 aliphatic heterocycles. The van der Waals surface area contributed by atoms with Crippen LogP contribution in [-0.2, 0) is 4.79 Å². The van der Waals surface area contributed by atoms with E-state index in [9.17, 15) is 4.79 Å². The van der Waals surface area contributed by atoms with Crippen molar-refractivity contribution < 1.29 is 4.79 Å². The van der Waals surface area contributed by atoms with Crippen LogP contribution < -0.4 is 10.2 Å². The van der Waals surface area contributed by atoms with E-state index in [1.165, 1.54) is 11.3 Å². The van der Waals surface area contributed by atoms with Crippen LogP contribution in [0.1, 0.15) is 18.5 Å². The van der Waals surface area contributed by atoms with Gasteiger partial charge in [0.05, 0.1) is 16.8 Å². The average Bonchev–Trinajstić information content (AvgIpc) is 3.03. The molecule has 3 aromatic rings. The molecule has 0 aliphatic rings. The van der Waals surface area contributed by atoms with E-state index in [0.717, 1.165) is 15.8 Å². The van der Waals surface area contributed by atoms with Crippen molar-refractivity contribution in [1.29, 1.82) is 0 Å². The first kappa shape index (κ1) is 16.9. The van der Waals surface area contributed by atoms with Crippen molar-refractivity contribution >= 4 is 44.2 Å². The summed E-state index contributed by atoms with van der Waals surface area (Å²) in [5.41, 5.74) is 1.89. The van der Waals surface area contributed by atoms with E-state index in [4.69, 9.17) is 11.6 Å². The third-order valence-corrected chi connectivity index (χ3v) is 5.33. The second-order valence-electron chi connectivity index (χ2n) is 5.54. The average molecular weight is 360 g/mol. The maximum absolute atomic E-state index is 12.4. The van der Waals surface area contributed by atoms with Gasteiger partial charge in [-0.2, -0.15) is 0 Å². The number of thiazole rings is 1. The van der Waals surface area contributed by atoms with Crippen LogP contribution in [0.25, 0.3) is 10.2 Å². The van der Waals surface area contributed by atoms with Gasteiger partial charge in [-0.25, -0.2) is 4.98 Å². The molecule has 0 spiro atoms. The third kappa shape index (κ3) is 3.59. The molecule has 4 nitrogen and oxygen atoms in total. The summed E-state index contributed by atoms with van der Waals surface area (Å²) in [5, 5.41) is 4.63. The highest BCUT2D eigenvalue weighted by Crippen LogP contribution is 2.28. The van der Waals surface area contributed by atoms with Crippen molar-refractivity contribution in [2.45, 2.75) is 13.0 Å². The molecule has 0 saturated carbocycles. The Kier molecular flexibility index (Phi) is 5.14. The van der Waals surface area contributed by atoms with Gasteiger partial charge in [-0.1, -0.05) is 53.3 Å². The Hall–Kier alpha value is -1.95. The van der Waals surface area contributed by atoms with Crippen LogP contribution in [0.4, 0.5) is 5.13 Å². The zero-order valence-electron chi connectivity index (χ0n) is 13.5. The number of carbonyl (C=O) groups excluding carboxylic acids is 1. The molecule has 0 radical (unpaired) electrons. The minimum absolute atomic E-state index is 0.00795. The molecule has 0 fully saturated rings. The molecule has 0 aliphatic carbocycles. The first-order valence-corrected chi connectivity index (χ1v) is 8.85. The maximum Gasteiger partial charge on any atom is 0.242 e. The molecular weight excluding hydrogens is 342 g/mol. The summed E-state index contributed by atoms with van der Waals surface area (Å²) in [7, 11) is 1.75. The molecule has 0 saturated heterocycles. The highest BCUT2D eigenvalue weighted by Gasteiger charge is 2.17. The topological polar surface area (TPSA) is 45.2 Å². The molecular formula is C18H18ClN3OS. The minimum Gasteiger partial charge on any atom is -0.302 e. The quantitative estimate of drug-likeness (QED) is 0.740. The molecule has 0 bridgehead atoms. The lowest BCUT2D eigenvalue weighted by atomic mass is 10.1. The summed E-state index contributed by atoms with van der Waals surface area (Å²) in [4.78, 5) is 18.5. The van der Waals surface area contributed by atoms with Gasteiger partial charge in [0.15, 0.2) is 5.13 Å². The molecule has 1 heterocycles. The van der Waals surface area contributed by atoms with Crippen molar-refractivity contribution in [2.24, 2.45) is 0 Å². The number of fused-ring (bicyclic) bond motifs is 1. The largest absolute Gasteiger partial charge is 0.302 e. The van der Waals surface area contributed by atoms with E-state index in [-0.39, 0.29) is 18.5 Å². The number of para-hydroxylation sites is 1. The van der Waals surface area contributed by atoms with Crippen LogP contribution in [0.15, 0.2) is 48.5 Å². The first-order chi connectivity index (χ1) is 11.6. The highest BCUT2D eigenvalue weighted by atomic mass is 35.5. The predicted octanol–water partition coefficient (Wildman–Crippen LogP) is 4.26. The Morgan fingerprint density at radius 3 is 2.71 bits per heavy atom. The number of hydrogen-bond donors (Lipinski definition) is 1. The van der Waals surface area contributed by atoms with Crippen LogP contribution in [0.2, 0.25) is 5.02 Å². The number of benzene rings is 2. The van der Waals surface area contributed by atoms with E-state index >= 15 is 0 Å². The number of halogens is 1. The van der Waals surface area contributed by atoms with Gasteiger partial charge in [-0.3, -0.25) is 9.69 Å². The molecule has 1 amide bonds. The zero-order chi connectivity index (χ0) is 17.1. The summed E-state index contributed by atoms with van der Waals surface area (Å²) >= 11 is 7.71. The molecule has 3 rings (SSSR count). The smallest absolute Gasteiger partial charge is 0.242 e. The lowest BCUT2D eigenvalue weighted by Crippen LogP contribution is -2.36. The number of nitrogens with zero attached hydrogens (tertiary/aromatic N) is 2. The summed E-state index contributed by atoms with van der Waals surface area (Å²) in [6.45, 7) is 2.21. The summed E-state index contributed by atoms with van der Waals surface area (Å²) in [6, 6.07) is 15.5. The predicted molar refractivity (Wildman–Crippen MR) is 101 cm³/mol. The SMILES string of the molecule is CC(NCC(=O)N(C)c1nc2ccccc2s1)c1ccccc1Cl. The van der Waals surface area contributed by atoms with E-state index in [0.29, 0.717) is 10.2 Å². The van der Waals surface area contributed by atoms with Gasteiger partial charge >= 0.3 is 0 Å². The van der Waals surface area contributed by atoms with E-state index in [1.54, 1.807) is 11.9 Å². The molecule has 1 atom stereocenters. The number of anilines is 1. The fourth-order valence-electron chi connectivity index (χ4n) is 2.41. The Morgan fingerprint density at radius 2 is 1.96 bits per heavy atom. The Bertz CT molecular complexity index is 831. The van der Waals surface area contributed by atoms with E-state index in [1.807, 2.05) is 55.5 Å². The van der Waals surface area contributed by atoms with Gasteiger partial charge < -0.3 is 5.32 Å². The van der Waals surface area contributed by atoms with Crippen LogP contribution >= 0.6 is 22.9 Å². The summed E-state index contributed by atoms with van der Waals surface area (Å²) in [5.74, 6) is -0.0343. The summed E-state index contributed by atoms with van der Waals surface area (Å²) < 4.78 is 1.07. The van der Waals surface area contributed by atoms with Crippen molar-refractivity contribution in [2.75, 3.05) is 18.5 Å². The second-order valence-corrected chi connectivity index (χ2v) is 6.96. The van der Waals surface area contributed by atoms with Gasteiger partial charge in [0.25, 0.3) is 0 Å². The highest BCUT2D eigenvalue weighted by molar-refractivity contribution is 7.22. The Morgan fingerprint density at radius 1 is 1.25 bits per heavy atom. The van der Waals surface area contributed by atoms with Gasteiger partial charge in [0.2, 0.25) is 5.91 Å². The third-order valence-electron chi connectivity index (χ3n) is 3.87. The number of nitrogens with one attached hydrogen (secondary N) is 1. The van der Waals surface area contributed by atoms with Crippen molar-refractivity contribution in [3.63, 3.8) is 0 Å². The van der Waals surface area contributed by atoms with Gasteiger partial charge in [0.1, 0.15) is 0 Å². The second kappa shape index (κ2) is 7.30. The number of aromatic nitrogens is 1. The molecule has 124 valence electrons. The summed E-state index contributed by atoms with van der Waals surface area (Å²) in [6.07, 6.45) is 0. The number of likely N-dealkylation sites (N-methyl/N-ethyl adjacent to an activating group) is 1. The van der Waals surface area contributed by atoms with Crippen LogP contribution in [-0.4, -0.2) is 24.5 Å². The van der Waals surface area contributed by atoms with Gasteiger partial charge in [-0.15, -0.1) is 0 Å². The Balaban J connectivity index is 1.65. The molecule has 1 unspecified atom stereocenters. The Labute approximate surface area is 150 Å². The normalized spacial score (nSPS) is 12.3. The monoisotopic (exact) mass is 359 g/mol. The lowest BCUT2D eigenvalue weighted by Gasteiger charge is -2.18. The maximum atomic E-state index is 12.4. The van der Waals surface area contributed by atoms with E-state index in [2.05, 4.69) is 10.3 Å².